The quantitative estimate of drug-likeness (QED) is 0.416. The van der Waals surface area contributed by atoms with Crippen molar-refractivity contribution in [2.45, 2.75) is 0 Å². The van der Waals surface area contributed by atoms with E-state index in [2.05, 4.69) is 10.6 Å². The van der Waals surface area contributed by atoms with E-state index in [1.807, 2.05) is 0 Å². The van der Waals surface area contributed by atoms with Gasteiger partial charge in [0.2, 0.25) is 0 Å². The number of rotatable bonds is 2. The molecule has 5 heteroatoms. The molecule has 0 bridgehead atoms. The summed E-state index contributed by atoms with van der Waals surface area (Å²) >= 11 is 0. The predicted octanol–water partition coefficient (Wildman–Crippen LogP) is 1.74. The Kier molecular flexibility index (Phi) is 2.57. The van der Waals surface area contributed by atoms with Gasteiger partial charge in [-0.3, -0.25) is 0 Å². The summed E-state index contributed by atoms with van der Waals surface area (Å²) in [6.45, 7) is 0. The highest BCUT2D eigenvalue weighted by atomic mass is 19.1. The second-order valence-corrected chi connectivity index (χ2v) is 2.18. The molecule has 0 heterocycles. The van der Waals surface area contributed by atoms with Crippen LogP contribution in [0.2, 0.25) is 0 Å². The van der Waals surface area contributed by atoms with Crippen LogP contribution in [0.15, 0.2) is 29.5 Å². The van der Waals surface area contributed by atoms with Crippen LogP contribution in [0.3, 0.4) is 0 Å². The minimum atomic E-state index is -0.323. The Morgan fingerprint density at radius 2 is 2.00 bits per heavy atom. The summed E-state index contributed by atoms with van der Waals surface area (Å²) in [5.74, 6) is -0.323. The highest BCUT2D eigenvalue weighted by molar-refractivity contribution is 5.41. The van der Waals surface area contributed by atoms with Crippen LogP contribution in [-0.4, -0.2) is 11.9 Å². The number of nitrogens with one attached hydrogen (secondary N) is 1. The number of nitrogens with zero attached hydrogens (tertiary/aromatic N) is 2. The van der Waals surface area contributed by atoms with E-state index in [-0.39, 0.29) is 5.82 Å². The van der Waals surface area contributed by atoms with E-state index in [1.165, 1.54) is 31.3 Å². The van der Waals surface area contributed by atoms with Crippen LogP contribution >= 0.6 is 0 Å². The molecule has 12 heavy (non-hydrogen) atoms. The van der Waals surface area contributed by atoms with Crippen LogP contribution in [0.4, 0.5) is 10.1 Å². The molecule has 0 fully saturated rings. The maximum atomic E-state index is 12.4. The summed E-state index contributed by atoms with van der Waals surface area (Å²) in [6, 6.07) is 5.54. The molecule has 0 aliphatic carbocycles. The number of benzene rings is 1. The van der Waals surface area contributed by atoms with Crippen LogP contribution in [0.1, 0.15) is 0 Å². The number of halogens is 1. The third kappa shape index (κ3) is 2.53. The number of hydroxylamine groups is 1. The molecular weight excluding hydrogens is 161 g/mol. The van der Waals surface area contributed by atoms with Crippen LogP contribution in [-0.2, 0) is 0 Å². The van der Waals surface area contributed by atoms with Crippen molar-refractivity contribution in [2.75, 3.05) is 12.5 Å². The SMILES string of the molecule is C[N+]([O-])=NNc1ccc(F)cc1. The van der Waals surface area contributed by atoms with Crippen LogP contribution in [0.25, 0.3) is 0 Å². The van der Waals surface area contributed by atoms with Gasteiger partial charge in [-0.2, -0.15) is 4.86 Å². The molecule has 0 spiro atoms. The molecule has 0 aliphatic heterocycles. The van der Waals surface area contributed by atoms with Crippen LogP contribution in [0.5, 0.6) is 0 Å². The highest BCUT2D eigenvalue weighted by Crippen LogP contribution is 2.07. The maximum absolute atomic E-state index is 12.4. The second kappa shape index (κ2) is 3.66. The van der Waals surface area contributed by atoms with Crippen LogP contribution < -0.4 is 5.43 Å². The fourth-order valence-electron chi connectivity index (χ4n) is 0.653. The highest BCUT2D eigenvalue weighted by Gasteiger charge is 1.94. The average molecular weight is 169 g/mol. The lowest BCUT2D eigenvalue weighted by Crippen LogP contribution is -1.96. The van der Waals surface area contributed by atoms with Crippen molar-refractivity contribution >= 4 is 5.69 Å². The maximum Gasteiger partial charge on any atom is 0.147 e. The molecule has 0 amide bonds. The minimum Gasteiger partial charge on any atom is -0.696 e. The largest absolute Gasteiger partial charge is 0.696 e. The van der Waals surface area contributed by atoms with Gasteiger partial charge < -0.3 is 5.21 Å². The minimum absolute atomic E-state index is 0.323. The molecule has 0 aromatic heterocycles. The van der Waals surface area contributed by atoms with Gasteiger partial charge >= 0.3 is 0 Å². The van der Waals surface area contributed by atoms with Gasteiger partial charge in [0.1, 0.15) is 18.6 Å². The Bertz CT molecular complexity index is 279. The fraction of sp³-hybridized carbons (Fsp3) is 0.143. The molecule has 0 radical (unpaired) electrons. The first-order chi connectivity index (χ1) is 5.68. The standard InChI is InChI=1S/C7H8FN3O/c1-11(12)10-9-7-4-2-6(8)3-5-7/h2-5,9H,1H3. The van der Waals surface area contributed by atoms with Crippen molar-refractivity contribution in [1.82, 2.24) is 0 Å². The Balaban J connectivity index is 2.65. The van der Waals surface area contributed by atoms with Crippen molar-refractivity contribution in [1.29, 1.82) is 0 Å². The van der Waals surface area contributed by atoms with E-state index in [1.54, 1.807) is 0 Å². The van der Waals surface area contributed by atoms with Crippen molar-refractivity contribution in [3.8, 4) is 0 Å². The molecule has 4 nitrogen and oxygen atoms in total. The Hall–Kier alpha value is -1.65. The first-order valence-corrected chi connectivity index (χ1v) is 3.31. The first-order valence-electron chi connectivity index (χ1n) is 3.31. The number of hydrogen-bond acceptors (Lipinski definition) is 2. The molecule has 0 unspecified atom stereocenters. The lowest BCUT2D eigenvalue weighted by molar-refractivity contribution is -0.497. The van der Waals surface area contributed by atoms with Crippen molar-refractivity contribution in [2.24, 2.45) is 5.22 Å². The summed E-state index contributed by atoms with van der Waals surface area (Å²) in [7, 11) is 1.25. The van der Waals surface area contributed by atoms with E-state index < -0.39 is 0 Å². The Morgan fingerprint density at radius 3 is 2.50 bits per heavy atom. The molecule has 64 valence electrons. The lowest BCUT2D eigenvalue weighted by atomic mass is 10.3. The zero-order valence-electron chi connectivity index (χ0n) is 6.49. The summed E-state index contributed by atoms with van der Waals surface area (Å²) in [5, 5.41) is 13.6. The van der Waals surface area contributed by atoms with Gasteiger partial charge in [0, 0.05) is 0 Å². The molecule has 1 rings (SSSR count). The molecule has 1 aromatic rings. The van der Waals surface area contributed by atoms with Crippen LogP contribution in [0, 0.1) is 11.0 Å². The third-order valence-corrected chi connectivity index (χ3v) is 1.16. The molecule has 0 atom stereocenters. The van der Waals surface area contributed by atoms with E-state index in [0.717, 1.165) is 0 Å². The summed E-state index contributed by atoms with van der Waals surface area (Å²) < 4.78 is 12.4. The van der Waals surface area contributed by atoms with E-state index >= 15 is 0 Å². The average Bonchev–Trinajstić information content (AvgIpc) is 2.03. The van der Waals surface area contributed by atoms with Gasteiger partial charge in [0.15, 0.2) is 0 Å². The monoisotopic (exact) mass is 169 g/mol. The van der Waals surface area contributed by atoms with Gasteiger partial charge in [0.25, 0.3) is 0 Å². The topological polar surface area (TPSA) is 50.5 Å². The molecule has 0 aliphatic rings. The van der Waals surface area contributed by atoms with Gasteiger partial charge in [0.05, 0.1) is 5.22 Å². The normalized spacial score (nSPS) is 11.3. The molecule has 1 aromatic carbocycles. The third-order valence-electron chi connectivity index (χ3n) is 1.16. The van der Waals surface area contributed by atoms with Gasteiger partial charge in [-0.25, -0.2) is 4.39 Å². The zero-order chi connectivity index (χ0) is 8.97. The summed E-state index contributed by atoms with van der Waals surface area (Å²) in [4.78, 5) is 0.378. The molecule has 1 N–H and O–H groups in total. The van der Waals surface area contributed by atoms with Crippen molar-refractivity contribution < 1.29 is 9.25 Å². The van der Waals surface area contributed by atoms with Crippen molar-refractivity contribution in [3.63, 3.8) is 0 Å². The van der Waals surface area contributed by atoms with Crippen molar-refractivity contribution in [3.05, 3.63) is 35.3 Å². The number of hydrogen-bond donors (Lipinski definition) is 1. The molecule has 0 saturated carbocycles. The second-order valence-electron chi connectivity index (χ2n) is 2.18. The Labute approximate surface area is 68.9 Å². The first kappa shape index (κ1) is 8.45. The Morgan fingerprint density at radius 1 is 1.42 bits per heavy atom. The van der Waals surface area contributed by atoms with Gasteiger partial charge in [-0.1, -0.05) is 0 Å². The number of anilines is 1. The van der Waals surface area contributed by atoms with Gasteiger partial charge in [-0.15, -0.1) is 5.43 Å². The molecular formula is C7H8FN3O. The zero-order valence-corrected chi connectivity index (χ0v) is 6.49. The van der Waals surface area contributed by atoms with E-state index in [9.17, 15) is 9.60 Å². The summed E-state index contributed by atoms with van der Waals surface area (Å²) in [6.07, 6.45) is 0. The molecule has 0 saturated heterocycles. The smallest absolute Gasteiger partial charge is 0.147 e. The summed E-state index contributed by atoms with van der Waals surface area (Å²) in [5.41, 5.74) is 3.01. The van der Waals surface area contributed by atoms with E-state index in [4.69, 9.17) is 0 Å². The van der Waals surface area contributed by atoms with Gasteiger partial charge in [-0.05, 0) is 24.3 Å². The van der Waals surface area contributed by atoms with E-state index in [0.29, 0.717) is 10.5 Å². The lowest BCUT2D eigenvalue weighted by Gasteiger charge is -1.96. The fourth-order valence-corrected chi connectivity index (χ4v) is 0.653. The predicted molar refractivity (Wildman–Crippen MR) is 42.0 cm³/mol.